The van der Waals surface area contributed by atoms with Gasteiger partial charge in [0, 0.05) is 38.1 Å². The number of hydrogen-bond donors (Lipinski definition) is 1. The van der Waals surface area contributed by atoms with Crippen LogP contribution in [0.5, 0.6) is 0 Å². The summed E-state index contributed by atoms with van der Waals surface area (Å²) in [6.07, 6.45) is 4.76. The molecule has 0 aliphatic carbocycles. The first-order valence-electron chi connectivity index (χ1n) is 9.36. The summed E-state index contributed by atoms with van der Waals surface area (Å²) in [5.41, 5.74) is 4.09. The molecule has 5 nitrogen and oxygen atoms in total. The predicted molar refractivity (Wildman–Crippen MR) is 106 cm³/mol. The molecule has 0 unspecified atom stereocenters. The monoisotopic (exact) mass is 360 g/mol. The molecular formula is C22H24N4O. The zero-order chi connectivity index (χ0) is 18.6. The van der Waals surface area contributed by atoms with Crippen LogP contribution in [0.15, 0.2) is 67.0 Å². The maximum absolute atomic E-state index is 13.1. The number of benzene rings is 2. The Morgan fingerprint density at radius 3 is 2.70 bits per heavy atom. The topological polar surface area (TPSA) is 50.2 Å². The van der Waals surface area contributed by atoms with E-state index in [9.17, 15) is 4.79 Å². The van der Waals surface area contributed by atoms with Crippen molar-refractivity contribution in [2.75, 3.05) is 20.1 Å². The van der Waals surface area contributed by atoms with Crippen molar-refractivity contribution in [1.82, 2.24) is 20.0 Å². The summed E-state index contributed by atoms with van der Waals surface area (Å²) in [7, 11) is 1.87. The van der Waals surface area contributed by atoms with E-state index in [4.69, 9.17) is 0 Å². The van der Waals surface area contributed by atoms with Gasteiger partial charge in [0.05, 0.1) is 5.69 Å². The van der Waals surface area contributed by atoms with Crippen LogP contribution >= 0.6 is 0 Å². The van der Waals surface area contributed by atoms with Gasteiger partial charge in [-0.15, -0.1) is 0 Å². The standard InChI is InChI=1S/C22H24N4O/c1-25(16-17-7-9-19(10-8-17)26-14-4-12-24-26)22(27)21-6-3-2-5-20(21)18-11-13-23-15-18/h2-10,12,14,18,23H,11,13,15-16H2,1H3/t18-/m0/s1. The minimum absolute atomic E-state index is 0.0775. The Labute approximate surface area is 159 Å². The summed E-state index contributed by atoms with van der Waals surface area (Å²) >= 11 is 0. The Morgan fingerprint density at radius 1 is 1.19 bits per heavy atom. The second-order valence-electron chi connectivity index (χ2n) is 7.06. The van der Waals surface area contributed by atoms with Gasteiger partial charge in [-0.25, -0.2) is 4.68 Å². The first kappa shape index (κ1) is 17.5. The smallest absolute Gasteiger partial charge is 0.254 e. The van der Waals surface area contributed by atoms with Gasteiger partial charge in [0.15, 0.2) is 0 Å². The van der Waals surface area contributed by atoms with Crippen molar-refractivity contribution < 1.29 is 4.79 Å². The van der Waals surface area contributed by atoms with Crippen LogP contribution in [0.4, 0.5) is 0 Å². The van der Waals surface area contributed by atoms with E-state index in [0.29, 0.717) is 12.5 Å². The van der Waals surface area contributed by atoms with Gasteiger partial charge in [-0.1, -0.05) is 30.3 Å². The Kier molecular flexibility index (Phi) is 5.03. The fraction of sp³-hybridized carbons (Fsp3) is 0.273. The first-order chi connectivity index (χ1) is 13.2. The van der Waals surface area contributed by atoms with Crippen molar-refractivity contribution in [2.45, 2.75) is 18.9 Å². The molecule has 27 heavy (non-hydrogen) atoms. The van der Waals surface area contributed by atoms with E-state index in [0.717, 1.165) is 41.9 Å². The molecule has 5 heteroatoms. The number of carbonyl (C=O) groups is 1. The van der Waals surface area contributed by atoms with E-state index in [1.165, 1.54) is 0 Å². The van der Waals surface area contributed by atoms with Crippen LogP contribution in [0.25, 0.3) is 5.69 Å². The maximum atomic E-state index is 13.1. The fourth-order valence-electron chi connectivity index (χ4n) is 3.69. The van der Waals surface area contributed by atoms with E-state index in [-0.39, 0.29) is 5.91 Å². The second-order valence-corrected chi connectivity index (χ2v) is 7.06. The number of nitrogens with one attached hydrogen (secondary N) is 1. The molecule has 2 aromatic carbocycles. The van der Waals surface area contributed by atoms with Crippen molar-refractivity contribution in [2.24, 2.45) is 0 Å². The highest BCUT2D eigenvalue weighted by atomic mass is 16.2. The van der Waals surface area contributed by atoms with Gasteiger partial charge in [0.1, 0.15) is 0 Å². The molecule has 0 bridgehead atoms. The molecule has 1 aliphatic heterocycles. The molecule has 3 aromatic rings. The predicted octanol–water partition coefficient (Wildman–Crippen LogP) is 3.22. The third-order valence-electron chi connectivity index (χ3n) is 5.16. The van der Waals surface area contributed by atoms with Crippen molar-refractivity contribution in [3.8, 4) is 5.69 Å². The van der Waals surface area contributed by atoms with Gasteiger partial charge in [-0.05, 0) is 54.3 Å². The van der Waals surface area contributed by atoms with E-state index in [2.05, 4.69) is 16.5 Å². The Bertz CT molecular complexity index is 896. The number of carbonyl (C=O) groups excluding carboxylic acids is 1. The third kappa shape index (κ3) is 3.78. The molecule has 1 aromatic heterocycles. The highest BCUT2D eigenvalue weighted by Gasteiger charge is 2.23. The van der Waals surface area contributed by atoms with Crippen LogP contribution in [0.3, 0.4) is 0 Å². The Hall–Kier alpha value is -2.92. The number of aromatic nitrogens is 2. The molecule has 1 fully saturated rings. The van der Waals surface area contributed by atoms with Crippen molar-refractivity contribution in [3.05, 3.63) is 83.7 Å². The first-order valence-corrected chi connectivity index (χ1v) is 9.36. The van der Waals surface area contributed by atoms with Crippen molar-refractivity contribution in [3.63, 3.8) is 0 Å². The van der Waals surface area contributed by atoms with Gasteiger partial charge in [0.25, 0.3) is 5.91 Å². The molecule has 1 atom stereocenters. The second kappa shape index (κ2) is 7.76. The highest BCUT2D eigenvalue weighted by Crippen LogP contribution is 2.26. The van der Waals surface area contributed by atoms with Crippen LogP contribution in [0, 0.1) is 0 Å². The van der Waals surface area contributed by atoms with E-state index in [1.807, 2.05) is 66.5 Å². The Morgan fingerprint density at radius 2 is 2.00 bits per heavy atom. The lowest BCUT2D eigenvalue weighted by atomic mass is 9.93. The van der Waals surface area contributed by atoms with Crippen LogP contribution in [-0.4, -0.2) is 40.7 Å². The molecule has 0 spiro atoms. The van der Waals surface area contributed by atoms with Gasteiger partial charge in [-0.2, -0.15) is 5.10 Å². The molecular weight excluding hydrogens is 336 g/mol. The molecule has 4 rings (SSSR count). The van der Waals surface area contributed by atoms with E-state index in [1.54, 1.807) is 11.1 Å². The molecule has 0 radical (unpaired) electrons. The fourth-order valence-corrected chi connectivity index (χ4v) is 3.69. The Balaban J connectivity index is 1.48. The lowest BCUT2D eigenvalue weighted by Gasteiger charge is -2.21. The summed E-state index contributed by atoms with van der Waals surface area (Å²) < 4.78 is 1.82. The van der Waals surface area contributed by atoms with Crippen LogP contribution in [0.1, 0.15) is 33.8 Å². The largest absolute Gasteiger partial charge is 0.337 e. The number of amides is 1. The summed E-state index contributed by atoms with van der Waals surface area (Å²) in [4.78, 5) is 14.9. The van der Waals surface area contributed by atoms with Crippen LogP contribution in [0.2, 0.25) is 0 Å². The maximum Gasteiger partial charge on any atom is 0.254 e. The highest BCUT2D eigenvalue weighted by molar-refractivity contribution is 5.95. The summed E-state index contributed by atoms with van der Waals surface area (Å²) in [5, 5.41) is 7.63. The quantitative estimate of drug-likeness (QED) is 0.760. The lowest BCUT2D eigenvalue weighted by molar-refractivity contribution is 0.0783. The SMILES string of the molecule is CN(Cc1ccc(-n2cccn2)cc1)C(=O)c1ccccc1[C@H]1CCNC1. The number of hydrogen-bond acceptors (Lipinski definition) is 3. The van der Waals surface area contributed by atoms with Gasteiger partial charge >= 0.3 is 0 Å². The van der Waals surface area contributed by atoms with E-state index < -0.39 is 0 Å². The summed E-state index contributed by atoms with van der Waals surface area (Å²) in [6, 6.07) is 18.1. The average molecular weight is 360 g/mol. The number of rotatable bonds is 5. The number of nitrogens with zero attached hydrogens (tertiary/aromatic N) is 3. The molecule has 2 heterocycles. The molecule has 1 amide bonds. The zero-order valence-corrected chi connectivity index (χ0v) is 15.5. The summed E-state index contributed by atoms with van der Waals surface area (Å²) in [5.74, 6) is 0.501. The van der Waals surface area contributed by atoms with Crippen molar-refractivity contribution in [1.29, 1.82) is 0 Å². The minimum atomic E-state index is 0.0775. The zero-order valence-electron chi connectivity index (χ0n) is 15.5. The normalized spacial score (nSPS) is 16.4. The minimum Gasteiger partial charge on any atom is -0.337 e. The van der Waals surface area contributed by atoms with E-state index >= 15 is 0 Å². The van der Waals surface area contributed by atoms with Crippen LogP contribution in [-0.2, 0) is 6.54 Å². The van der Waals surface area contributed by atoms with Gasteiger partial charge < -0.3 is 10.2 Å². The lowest BCUT2D eigenvalue weighted by Crippen LogP contribution is -2.27. The average Bonchev–Trinajstić information content (AvgIpc) is 3.42. The molecule has 1 aliphatic rings. The van der Waals surface area contributed by atoms with Gasteiger partial charge in [0.2, 0.25) is 0 Å². The third-order valence-corrected chi connectivity index (χ3v) is 5.16. The molecule has 0 saturated carbocycles. The van der Waals surface area contributed by atoms with Crippen LogP contribution < -0.4 is 5.32 Å². The van der Waals surface area contributed by atoms with Crippen molar-refractivity contribution >= 4 is 5.91 Å². The van der Waals surface area contributed by atoms with Gasteiger partial charge in [-0.3, -0.25) is 4.79 Å². The summed E-state index contributed by atoms with van der Waals surface area (Å²) in [6.45, 7) is 2.55. The molecule has 138 valence electrons. The molecule has 1 N–H and O–H groups in total. The molecule has 1 saturated heterocycles.